The van der Waals surface area contributed by atoms with Crippen molar-refractivity contribution in [3.05, 3.63) is 52.2 Å². The van der Waals surface area contributed by atoms with Crippen molar-refractivity contribution < 1.29 is 4.74 Å². The predicted octanol–water partition coefficient (Wildman–Crippen LogP) is 4.30. The minimum Gasteiger partial charge on any atom is -0.497 e. The van der Waals surface area contributed by atoms with E-state index in [1.165, 1.54) is 36.1 Å². The second-order valence-electron chi connectivity index (χ2n) is 5.34. The lowest BCUT2D eigenvalue weighted by Gasteiger charge is -2.16. The molecule has 21 heavy (non-hydrogen) atoms. The fraction of sp³-hybridized carbons (Fsp3) is 0.444. The van der Waals surface area contributed by atoms with Crippen LogP contribution in [0.3, 0.4) is 0 Å². The van der Waals surface area contributed by atoms with Crippen LogP contribution < -0.4 is 10.1 Å². The summed E-state index contributed by atoms with van der Waals surface area (Å²) in [4.78, 5) is 1.50. The molecule has 0 radical (unpaired) electrons. The molecule has 1 heterocycles. The Morgan fingerprint density at radius 3 is 2.52 bits per heavy atom. The first-order valence-corrected chi connectivity index (χ1v) is 8.52. The second-order valence-corrected chi connectivity index (χ2v) is 6.38. The maximum absolute atomic E-state index is 5.19. The summed E-state index contributed by atoms with van der Waals surface area (Å²) in [7, 11) is 3.78. The molecule has 0 bridgehead atoms. The van der Waals surface area contributed by atoms with Gasteiger partial charge in [0.05, 0.1) is 7.11 Å². The maximum Gasteiger partial charge on any atom is 0.118 e. The lowest BCUT2D eigenvalue weighted by Crippen LogP contribution is -2.25. The van der Waals surface area contributed by atoms with Crippen molar-refractivity contribution in [2.75, 3.05) is 14.2 Å². The zero-order chi connectivity index (χ0) is 14.9. The van der Waals surface area contributed by atoms with Gasteiger partial charge in [-0.05, 0) is 68.3 Å². The molecule has 1 unspecified atom stereocenters. The normalized spacial score (nSPS) is 12.3. The van der Waals surface area contributed by atoms with E-state index in [4.69, 9.17) is 4.74 Å². The fourth-order valence-electron chi connectivity index (χ4n) is 2.54. The van der Waals surface area contributed by atoms with Gasteiger partial charge in [-0.1, -0.05) is 18.2 Å². The van der Waals surface area contributed by atoms with Crippen molar-refractivity contribution in [2.24, 2.45) is 0 Å². The number of thiophene rings is 1. The third-order valence-corrected chi connectivity index (χ3v) is 4.84. The van der Waals surface area contributed by atoms with E-state index >= 15 is 0 Å². The Kier molecular flexibility index (Phi) is 6.77. The van der Waals surface area contributed by atoms with Crippen LogP contribution in [0.15, 0.2) is 41.8 Å². The monoisotopic (exact) mass is 303 g/mol. The highest BCUT2D eigenvalue weighted by atomic mass is 32.1. The first-order valence-electron chi connectivity index (χ1n) is 7.64. The van der Waals surface area contributed by atoms with E-state index in [9.17, 15) is 0 Å². The van der Waals surface area contributed by atoms with Gasteiger partial charge in [0.1, 0.15) is 5.75 Å². The van der Waals surface area contributed by atoms with Crippen molar-refractivity contribution in [3.8, 4) is 5.75 Å². The zero-order valence-corrected chi connectivity index (χ0v) is 13.8. The van der Waals surface area contributed by atoms with E-state index < -0.39 is 0 Å². The van der Waals surface area contributed by atoms with Gasteiger partial charge in [0.25, 0.3) is 0 Å². The number of methoxy groups -OCH3 is 1. The van der Waals surface area contributed by atoms with Gasteiger partial charge in [0.2, 0.25) is 0 Å². The van der Waals surface area contributed by atoms with E-state index in [0.29, 0.717) is 6.04 Å². The highest BCUT2D eigenvalue weighted by Crippen LogP contribution is 2.16. The van der Waals surface area contributed by atoms with Crippen LogP contribution in [0.5, 0.6) is 5.75 Å². The van der Waals surface area contributed by atoms with Crippen LogP contribution >= 0.6 is 11.3 Å². The van der Waals surface area contributed by atoms with Crippen LogP contribution in [-0.4, -0.2) is 20.2 Å². The van der Waals surface area contributed by atoms with Crippen LogP contribution in [0.2, 0.25) is 0 Å². The largest absolute Gasteiger partial charge is 0.497 e. The third-order valence-electron chi connectivity index (χ3n) is 3.90. The molecule has 0 aliphatic carbocycles. The van der Waals surface area contributed by atoms with Gasteiger partial charge in [0, 0.05) is 10.9 Å². The second kappa shape index (κ2) is 8.85. The molecule has 0 saturated carbocycles. The summed E-state index contributed by atoms with van der Waals surface area (Å²) in [5, 5.41) is 5.61. The van der Waals surface area contributed by atoms with Crippen molar-refractivity contribution in [1.82, 2.24) is 5.32 Å². The molecule has 2 aromatic rings. The van der Waals surface area contributed by atoms with E-state index in [1.807, 2.05) is 23.5 Å². The number of aryl methyl sites for hydroxylation is 2. The van der Waals surface area contributed by atoms with Crippen LogP contribution in [0, 0.1) is 0 Å². The molecule has 1 atom stereocenters. The van der Waals surface area contributed by atoms with Crippen LogP contribution in [-0.2, 0) is 12.8 Å². The Hall–Kier alpha value is -1.32. The quantitative estimate of drug-likeness (QED) is 0.745. The van der Waals surface area contributed by atoms with Gasteiger partial charge >= 0.3 is 0 Å². The van der Waals surface area contributed by atoms with Gasteiger partial charge in [-0.3, -0.25) is 0 Å². The minimum atomic E-state index is 0.604. The lowest BCUT2D eigenvalue weighted by molar-refractivity contribution is 0.414. The summed E-state index contributed by atoms with van der Waals surface area (Å²) in [5.74, 6) is 0.930. The Balaban J connectivity index is 1.71. The smallest absolute Gasteiger partial charge is 0.118 e. The number of hydrogen-bond donors (Lipinski definition) is 1. The summed E-state index contributed by atoms with van der Waals surface area (Å²) in [6.07, 6.45) is 6.01. The summed E-state index contributed by atoms with van der Waals surface area (Å²) in [6.45, 7) is 0. The summed E-state index contributed by atoms with van der Waals surface area (Å²) in [6, 6.07) is 13.4. The highest BCUT2D eigenvalue weighted by Gasteiger charge is 2.07. The first kappa shape index (κ1) is 16.1. The molecule has 0 aliphatic rings. The van der Waals surface area contributed by atoms with E-state index in [-0.39, 0.29) is 0 Å². The Morgan fingerprint density at radius 2 is 1.90 bits per heavy atom. The first-order chi connectivity index (χ1) is 10.3. The van der Waals surface area contributed by atoms with E-state index in [0.717, 1.165) is 12.2 Å². The summed E-state index contributed by atoms with van der Waals surface area (Å²) < 4.78 is 5.19. The average Bonchev–Trinajstić information content (AvgIpc) is 3.04. The number of ether oxygens (including phenoxy) is 1. The highest BCUT2D eigenvalue weighted by molar-refractivity contribution is 7.09. The molecule has 0 amide bonds. The Labute approximate surface area is 132 Å². The molecule has 2 nitrogen and oxygen atoms in total. The standard InChI is InChI=1S/C18H25NOS/c1-19-16(5-3-6-18-7-4-14-21-18)11-8-15-9-12-17(20-2)13-10-15/h4,7,9-10,12-14,16,19H,3,5-6,8,11H2,1-2H3. The topological polar surface area (TPSA) is 21.3 Å². The molecule has 1 aromatic carbocycles. The number of hydrogen-bond acceptors (Lipinski definition) is 3. The van der Waals surface area contributed by atoms with E-state index in [1.54, 1.807) is 7.11 Å². The Morgan fingerprint density at radius 1 is 1.10 bits per heavy atom. The summed E-state index contributed by atoms with van der Waals surface area (Å²) >= 11 is 1.86. The van der Waals surface area contributed by atoms with E-state index in [2.05, 4.69) is 42.0 Å². The zero-order valence-electron chi connectivity index (χ0n) is 13.0. The SMILES string of the molecule is CNC(CCCc1cccs1)CCc1ccc(OC)cc1. The third kappa shape index (κ3) is 5.52. The van der Waals surface area contributed by atoms with Crippen molar-refractivity contribution >= 4 is 11.3 Å². The van der Waals surface area contributed by atoms with Gasteiger partial charge in [-0.2, -0.15) is 0 Å². The fourth-order valence-corrected chi connectivity index (χ4v) is 3.29. The van der Waals surface area contributed by atoms with Gasteiger partial charge in [0.15, 0.2) is 0 Å². The predicted molar refractivity (Wildman–Crippen MR) is 91.4 cm³/mol. The molecule has 1 aromatic heterocycles. The van der Waals surface area contributed by atoms with Crippen molar-refractivity contribution in [3.63, 3.8) is 0 Å². The molecule has 3 heteroatoms. The molecule has 1 N–H and O–H groups in total. The molecular weight excluding hydrogens is 278 g/mol. The van der Waals surface area contributed by atoms with Crippen molar-refractivity contribution in [2.45, 2.75) is 38.1 Å². The number of nitrogens with one attached hydrogen (secondary N) is 1. The molecule has 2 rings (SSSR count). The minimum absolute atomic E-state index is 0.604. The van der Waals surface area contributed by atoms with Gasteiger partial charge in [-0.15, -0.1) is 11.3 Å². The molecule has 0 spiro atoms. The molecule has 114 valence electrons. The number of rotatable bonds is 9. The molecule has 0 saturated heterocycles. The molecule has 0 aliphatic heterocycles. The molecular formula is C18H25NOS. The average molecular weight is 303 g/mol. The van der Waals surface area contributed by atoms with Gasteiger partial charge in [-0.25, -0.2) is 0 Å². The molecule has 0 fully saturated rings. The number of benzene rings is 1. The summed E-state index contributed by atoms with van der Waals surface area (Å²) in [5.41, 5.74) is 1.38. The van der Waals surface area contributed by atoms with Gasteiger partial charge < -0.3 is 10.1 Å². The van der Waals surface area contributed by atoms with Crippen LogP contribution in [0.4, 0.5) is 0 Å². The lowest BCUT2D eigenvalue weighted by atomic mass is 10.0. The van der Waals surface area contributed by atoms with Crippen LogP contribution in [0.1, 0.15) is 29.7 Å². The van der Waals surface area contributed by atoms with Crippen molar-refractivity contribution in [1.29, 1.82) is 0 Å². The maximum atomic E-state index is 5.19. The van der Waals surface area contributed by atoms with Crippen LogP contribution in [0.25, 0.3) is 0 Å². The Bertz CT molecular complexity index is 492.